The topological polar surface area (TPSA) is 38.3 Å². The van der Waals surface area contributed by atoms with Crippen LogP contribution in [-0.4, -0.2) is 19.4 Å². The molecular weight excluding hydrogens is 262 g/mol. The fourth-order valence-corrected chi connectivity index (χ4v) is 1.90. The third kappa shape index (κ3) is 4.80. The Hall–Kier alpha value is -2.55. The molecule has 0 radical (unpaired) electrons. The van der Waals surface area contributed by atoms with E-state index in [1.54, 1.807) is 13.2 Å². The molecule has 3 nitrogen and oxygen atoms in total. The molecule has 0 heterocycles. The molecule has 21 heavy (non-hydrogen) atoms. The molecular formula is C18H19NO2. The molecule has 0 aliphatic carbocycles. The number of allylic oxidation sites excluding steroid dienone is 1. The van der Waals surface area contributed by atoms with Gasteiger partial charge in [0, 0.05) is 17.8 Å². The summed E-state index contributed by atoms with van der Waals surface area (Å²) in [5, 5.41) is 3.29. The van der Waals surface area contributed by atoms with Gasteiger partial charge in [-0.2, -0.15) is 0 Å². The zero-order valence-electron chi connectivity index (χ0n) is 12.1. The highest BCUT2D eigenvalue weighted by Gasteiger charge is 1.98. The van der Waals surface area contributed by atoms with E-state index in [1.165, 1.54) is 0 Å². The second-order valence-corrected chi connectivity index (χ2v) is 4.58. The van der Waals surface area contributed by atoms with Crippen LogP contribution in [0.25, 0.3) is 0 Å². The van der Waals surface area contributed by atoms with Crippen LogP contribution in [0.1, 0.15) is 16.8 Å². The van der Waals surface area contributed by atoms with Gasteiger partial charge in [-0.25, -0.2) is 0 Å². The second-order valence-electron chi connectivity index (χ2n) is 4.58. The minimum absolute atomic E-state index is 0.0417. The largest absolute Gasteiger partial charge is 0.497 e. The van der Waals surface area contributed by atoms with Gasteiger partial charge in [0.15, 0.2) is 5.78 Å². The van der Waals surface area contributed by atoms with Crippen molar-refractivity contribution in [2.24, 2.45) is 0 Å². The predicted octanol–water partition coefficient (Wildman–Crippen LogP) is 3.94. The SMILES string of the molecule is COc1ccc(NCC/C=C/C(=O)c2ccccc2)cc1. The lowest BCUT2D eigenvalue weighted by Crippen LogP contribution is -2.00. The smallest absolute Gasteiger partial charge is 0.185 e. The molecule has 1 N–H and O–H groups in total. The Kier molecular flexibility index (Phi) is 5.59. The molecule has 0 aromatic heterocycles. The summed E-state index contributed by atoms with van der Waals surface area (Å²) in [6, 6.07) is 17.0. The zero-order chi connectivity index (χ0) is 14.9. The van der Waals surface area contributed by atoms with E-state index >= 15 is 0 Å². The standard InChI is InChI=1S/C18H19NO2/c1-21-17-12-10-16(11-13-17)19-14-6-5-9-18(20)15-7-3-2-4-8-15/h2-5,7-13,19H,6,14H2,1H3/b9-5+. The number of carbonyl (C=O) groups excluding carboxylic acids is 1. The summed E-state index contributed by atoms with van der Waals surface area (Å²) >= 11 is 0. The van der Waals surface area contributed by atoms with Gasteiger partial charge in [-0.15, -0.1) is 0 Å². The third-order valence-electron chi connectivity index (χ3n) is 3.06. The lowest BCUT2D eigenvalue weighted by molar-refractivity contribution is 0.104. The first-order chi connectivity index (χ1) is 10.3. The van der Waals surface area contributed by atoms with Crippen LogP contribution in [0.3, 0.4) is 0 Å². The summed E-state index contributed by atoms with van der Waals surface area (Å²) in [7, 11) is 1.65. The van der Waals surface area contributed by atoms with E-state index in [0.717, 1.165) is 30.0 Å². The van der Waals surface area contributed by atoms with Crippen molar-refractivity contribution in [2.75, 3.05) is 19.0 Å². The maximum absolute atomic E-state index is 11.8. The number of rotatable bonds is 7. The summed E-state index contributed by atoms with van der Waals surface area (Å²) < 4.78 is 5.10. The number of carbonyl (C=O) groups is 1. The first-order valence-electron chi connectivity index (χ1n) is 6.93. The Labute approximate surface area is 125 Å². The Morgan fingerprint density at radius 3 is 2.48 bits per heavy atom. The molecule has 2 aromatic carbocycles. The van der Waals surface area contributed by atoms with E-state index < -0.39 is 0 Å². The van der Waals surface area contributed by atoms with Crippen LogP contribution in [0.15, 0.2) is 66.7 Å². The number of methoxy groups -OCH3 is 1. The molecule has 0 bridgehead atoms. The van der Waals surface area contributed by atoms with E-state index in [0.29, 0.717) is 0 Å². The number of hydrogen-bond donors (Lipinski definition) is 1. The molecule has 0 amide bonds. The average Bonchev–Trinajstić information content (AvgIpc) is 2.55. The normalized spacial score (nSPS) is 10.5. The summed E-state index contributed by atoms with van der Waals surface area (Å²) in [6.45, 7) is 0.783. The average molecular weight is 281 g/mol. The van der Waals surface area contributed by atoms with Gasteiger partial charge in [-0.3, -0.25) is 4.79 Å². The summed E-state index contributed by atoms with van der Waals surface area (Å²) in [6.07, 6.45) is 4.32. The highest BCUT2D eigenvalue weighted by atomic mass is 16.5. The Morgan fingerprint density at radius 1 is 1.10 bits per heavy atom. The van der Waals surface area contributed by atoms with Gasteiger partial charge in [0.05, 0.1) is 7.11 Å². The van der Waals surface area contributed by atoms with E-state index in [1.807, 2.05) is 60.7 Å². The number of ketones is 1. The summed E-state index contributed by atoms with van der Waals surface area (Å²) in [4.78, 5) is 11.8. The fourth-order valence-electron chi connectivity index (χ4n) is 1.90. The maximum Gasteiger partial charge on any atom is 0.185 e. The first-order valence-corrected chi connectivity index (χ1v) is 6.93. The molecule has 0 aliphatic rings. The predicted molar refractivity (Wildman–Crippen MR) is 86.0 cm³/mol. The van der Waals surface area contributed by atoms with Gasteiger partial charge in [-0.1, -0.05) is 36.4 Å². The zero-order valence-corrected chi connectivity index (χ0v) is 12.1. The van der Waals surface area contributed by atoms with Gasteiger partial charge in [0.1, 0.15) is 5.75 Å². The Bertz CT molecular complexity index is 588. The monoisotopic (exact) mass is 281 g/mol. The van der Waals surface area contributed by atoms with Gasteiger partial charge in [0.25, 0.3) is 0 Å². The van der Waals surface area contributed by atoms with Crippen LogP contribution in [0.4, 0.5) is 5.69 Å². The van der Waals surface area contributed by atoms with Gasteiger partial charge < -0.3 is 10.1 Å². The van der Waals surface area contributed by atoms with Crippen LogP contribution in [-0.2, 0) is 0 Å². The number of ether oxygens (including phenoxy) is 1. The molecule has 0 saturated carbocycles. The molecule has 2 aromatic rings. The van der Waals surface area contributed by atoms with Crippen LogP contribution >= 0.6 is 0 Å². The van der Waals surface area contributed by atoms with E-state index in [9.17, 15) is 4.79 Å². The quantitative estimate of drug-likeness (QED) is 0.474. The molecule has 0 fully saturated rings. The van der Waals surface area contributed by atoms with Crippen LogP contribution in [0.5, 0.6) is 5.75 Å². The van der Waals surface area contributed by atoms with Crippen molar-refractivity contribution in [3.8, 4) is 5.75 Å². The molecule has 0 spiro atoms. The van der Waals surface area contributed by atoms with Crippen molar-refractivity contribution >= 4 is 11.5 Å². The first kappa shape index (κ1) is 14.9. The van der Waals surface area contributed by atoms with Gasteiger partial charge in [-0.05, 0) is 36.8 Å². The van der Waals surface area contributed by atoms with Crippen LogP contribution in [0.2, 0.25) is 0 Å². The van der Waals surface area contributed by atoms with E-state index in [2.05, 4.69) is 5.32 Å². The number of hydrogen-bond acceptors (Lipinski definition) is 3. The van der Waals surface area contributed by atoms with Crippen molar-refractivity contribution in [1.29, 1.82) is 0 Å². The molecule has 0 saturated heterocycles. The molecule has 0 unspecified atom stereocenters. The molecule has 3 heteroatoms. The summed E-state index contributed by atoms with van der Waals surface area (Å²) in [5.41, 5.74) is 1.76. The lowest BCUT2D eigenvalue weighted by atomic mass is 10.1. The highest BCUT2D eigenvalue weighted by Crippen LogP contribution is 2.14. The van der Waals surface area contributed by atoms with Gasteiger partial charge in [0.2, 0.25) is 0 Å². The minimum atomic E-state index is 0.0417. The van der Waals surface area contributed by atoms with Crippen molar-refractivity contribution in [1.82, 2.24) is 0 Å². The van der Waals surface area contributed by atoms with Crippen molar-refractivity contribution in [3.63, 3.8) is 0 Å². The molecule has 2 rings (SSSR count). The van der Waals surface area contributed by atoms with Gasteiger partial charge >= 0.3 is 0 Å². The van der Waals surface area contributed by atoms with Crippen LogP contribution < -0.4 is 10.1 Å². The van der Waals surface area contributed by atoms with E-state index in [-0.39, 0.29) is 5.78 Å². The number of nitrogens with one attached hydrogen (secondary N) is 1. The number of anilines is 1. The van der Waals surface area contributed by atoms with E-state index in [4.69, 9.17) is 4.74 Å². The Balaban J connectivity index is 1.74. The second kappa shape index (κ2) is 7.90. The highest BCUT2D eigenvalue weighted by molar-refractivity contribution is 6.04. The molecule has 108 valence electrons. The van der Waals surface area contributed by atoms with Crippen molar-refractivity contribution in [2.45, 2.75) is 6.42 Å². The van der Waals surface area contributed by atoms with Crippen LogP contribution in [0, 0.1) is 0 Å². The molecule has 0 atom stereocenters. The third-order valence-corrected chi connectivity index (χ3v) is 3.06. The minimum Gasteiger partial charge on any atom is -0.497 e. The lowest BCUT2D eigenvalue weighted by Gasteiger charge is -2.05. The summed E-state index contributed by atoms with van der Waals surface area (Å²) in [5.74, 6) is 0.883. The van der Waals surface area contributed by atoms with Crippen molar-refractivity contribution in [3.05, 3.63) is 72.3 Å². The fraction of sp³-hybridized carbons (Fsp3) is 0.167. The van der Waals surface area contributed by atoms with Crippen molar-refractivity contribution < 1.29 is 9.53 Å². The number of benzene rings is 2. The Morgan fingerprint density at radius 2 is 1.81 bits per heavy atom. The maximum atomic E-state index is 11.8. The molecule has 0 aliphatic heterocycles.